The van der Waals surface area contributed by atoms with Gasteiger partial charge in [0.05, 0.1) is 0 Å². The summed E-state index contributed by atoms with van der Waals surface area (Å²) < 4.78 is 6.18. The molecule has 1 aliphatic rings. The fourth-order valence-corrected chi connectivity index (χ4v) is 7.40. The molecule has 0 aliphatic carbocycles. The average molecular weight is 680 g/mol. The maximum Gasteiger partial charge on any atom is 0.169 e. The van der Waals surface area contributed by atoms with Gasteiger partial charge in [-0.1, -0.05) is 164 Å². The fourth-order valence-electron chi connectivity index (χ4n) is 7.40. The summed E-state index contributed by atoms with van der Waals surface area (Å²) in [5.74, 6) is 1.60. The molecule has 0 saturated carbocycles. The average Bonchev–Trinajstić information content (AvgIpc) is 3.63. The zero-order valence-corrected chi connectivity index (χ0v) is 28.8. The van der Waals surface area contributed by atoms with Crippen LogP contribution < -0.4 is 5.32 Å². The lowest BCUT2D eigenvalue weighted by Crippen LogP contribution is -2.36. The Morgan fingerprint density at radius 1 is 0.396 bits per heavy atom. The Kier molecular flexibility index (Phi) is 7.51. The lowest BCUT2D eigenvalue weighted by atomic mass is 9.96. The maximum absolute atomic E-state index is 6.18. The van der Waals surface area contributed by atoms with Crippen molar-refractivity contribution in [2.45, 2.75) is 6.17 Å². The molecule has 53 heavy (non-hydrogen) atoms. The van der Waals surface area contributed by atoms with Gasteiger partial charge in [-0.2, -0.15) is 0 Å². The molecule has 1 aromatic heterocycles. The number of rotatable bonds is 6. The van der Waals surface area contributed by atoms with Gasteiger partial charge < -0.3 is 9.73 Å². The number of hydrogen-bond acceptors (Lipinski definition) is 4. The first-order chi connectivity index (χ1) is 26.2. The predicted octanol–water partition coefficient (Wildman–Crippen LogP) is 12.2. The third kappa shape index (κ3) is 5.77. The highest BCUT2D eigenvalue weighted by molar-refractivity contribution is 6.16. The zero-order valence-electron chi connectivity index (χ0n) is 28.8. The lowest BCUT2D eigenvalue weighted by Gasteiger charge is -2.22. The molecule has 4 heteroatoms. The van der Waals surface area contributed by atoms with Crippen LogP contribution >= 0.6 is 0 Å². The van der Waals surface area contributed by atoms with Gasteiger partial charge in [-0.25, -0.2) is 9.98 Å². The Morgan fingerprint density at radius 2 is 0.906 bits per heavy atom. The summed E-state index contributed by atoms with van der Waals surface area (Å²) in [5.41, 5.74) is 12.0. The molecule has 1 N–H and O–H groups in total. The molecule has 0 saturated heterocycles. The van der Waals surface area contributed by atoms with Gasteiger partial charge in [-0.3, -0.25) is 0 Å². The lowest BCUT2D eigenvalue weighted by molar-refractivity contribution is 0.669. The number of hydrogen-bond donors (Lipinski definition) is 1. The number of aliphatic imine (C=N–C) groups is 2. The molecule has 0 spiro atoms. The van der Waals surface area contributed by atoms with Gasteiger partial charge in [0.25, 0.3) is 0 Å². The minimum absolute atomic E-state index is 0.401. The topological polar surface area (TPSA) is 49.9 Å². The van der Waals surface area contributed by atoms with Crippen LogP contribution in [0, 0.1) is 0 Å². The standard InChI is InChI=1S/C49H33N3O/c1-3-10-32(11-4-1)33-18-20-34(21-19-33)35-22-24-37(25-23-35)48-50-47(36-12-5-2-6-13-36)51-49(52-48)41-29-27-38-30-40(28-26-39(38)31-41)42-15-9-17-45-46(42)43-14-7-8-16-44(43)53-45/h1-31,49H,(H,50,51,52). The molecular weight excluding hydrogens is 647 g/mol. The minimum atomic E-state index is -0.401. The van der Waals surface area contributed by atoms with Crippen molar-refractivity contribution in [3.05, 3.63) is 205 Å². The van der Waals surface area contributed by atoms with Gasteiger partial charge in [0.15, 0.2) is 6.17 Å². The Morgan fingerprint density at radius 3 is 1.60 bits per heavy atom. The van der Waals surface area contributed by atoms with Gasteiger partial charge in [0.2, 0.25) is 0 Å². The van der Waals surface area contributed by atoms with E-state index < -0.39 is 6.17 Å². The molecule has 0 amide bonds. The molecule has 0 radical (unpaired) electrons. The summed E-state index contributed by atoms with van der Waals surface area (Å²) in [6, 6.07) is 65.9. The van der Waals surface area contributed by atoms with E-state index in [0.717, 1.165) is 72.2 Å². The van der Waals surface area contributed by atoms with Crippen LogP contribution in [-0.2, 0) is 0 Å². The van der Waals surface area contributed by atoms with Crippen LogP contribution in [0.25, 0.3) is 66.1 Å². The zero-order chi connectivity index (χ0) is 35.1. The monoisotopic (exact) mass is 679 g/mol. The van der Waals surface area contributed by atoms with Crippen LogP contribution in [0.1, 0.15) is 22.9 Å². The molecule has 1 unspecified atom stereocenters. The SMILES string of the molecule is c1ccc(C2=NC(c3ccc4cc(-c5cccc6oc7ccccc7c56)ccc4c3)N=C(c3ccc(-c4ccc(-c5ccccc5)cc4)cc3)N2)cc1. The molecule has 8 aromatic carbocycles. The quantitative estimate of drug-likeness (QED) is 0.190. The predicted molar refractivity (Wildman–Crippen MR) is 219 cm³/mol. The van der Waals surface area contributed by atoms with Crippen molar-refractivity contribution < 1.29 is 4.42 Å². The summed E-state index contributed by atoms with van der Waals surface area (Å²) in [7, 11) is 0. The molecule has 4 nitrogen and oxygen atoms in total. The van der Waals surface area contributed by atoms with E-state index in [4.69, 9.17) is 14.4 Å². The summed E-state index contributed by atoms with van der Waals surface area (Å²) in [6.07, 6.45) is -0.401. The Bertz CT molecular complexity index is 2830. The highest BCUT2D eigenvalue weighted by atomic mass is 16.3. The van der Waals surface area contributed by atoms with Crippen molar-refractivity contribution in [1.82, 2.24) is 5.32 Å². The number of nitrogens with one attached hydrogen (secondary N) is 1. The fraction of sp³-hybridized carbons (Fsp3) is 0.0204. The smallest absolute Gasteiger partial charge is 0.169 e. The van der Waals surface area contributed by atoms with Crippen molar-refractivity contribution in [2.75, 3.05) is 0 Å². The van der Waals surface area contributed by atoms with Crippen LogP contribution in [-0.4, -0.2) is 11.7 Å². The van der Waals surface area contributed by atoms with Crippen LogP contribution in [0.15, 0.2) is 202 Å². The van der Waals surface area contributed by atoms with E-state index in [2.05, 4.69) is 151 Å². The Labute approximate surface area is 307 Å². The summed E-state index contributed by atoms with van der Waals surface area (Å²) in [6.45, 7) is 0. The first-order valence-electron chi connectivity index (χ1n) is 17.9. The molecule has 0 bridgehead atoms. The number of amidine groups is 2. The number of benzene rings is 8. The molecule has 1 atom stereocenters. The first kappa shape index (κ1) is 30.8. The van der Waals surface area contributed by atoms with E-state index in [1.54, 1.807) is 0 Å². The second-order valence-corrected chi connectivity index (χ2v) is 13.4. The van der Waals surface area contributed by atoms with Crippen molar-refractivity contribution in [3.63, 3.8) is 0 Å². The molecule has 250 valence electrons. The van der Waals surface area contributed by atoms with Crippen molar-refractivity contribution >= 4 is 44.4 Å². The van der Waals surface area contributed by atoms with Crippen LogP contribution in [0.5, 0.6) is 0 Å². The summed E-state index contributed by atoms with van der Waals surface area (Å²) in [5, 5.41) is 8.13. The van der Waals surface area contributed by atoms with Gasteiger partial charge in [-0.05, 0) is 74.0 Å². The van der Waals surface area contributed by atoms with E-state index in [1.807, 2.05) is 42.5 Å². The van der Waals surface area contributed by atoms with E-state index in [0.29, 0.717) is 0 Å². The van der Waals surface area contributed by atoms with Gasteiger partial charge in [0, 0.05) is 21.9 Å². The Hall–Kier alpha value is -7.04. The number of furan rings is 1. The van der Waals surface area contributed by atoms with Gasteiger partial charge >= 0.3 is 0 Å². The second-order valence-electron chi connectivity index (χ2n) is 13.4. The highest BCUT2D eigenvalue weighted by Crippen LogP contribution is 2.38. The highest BCUT2D eigenvalue weighted by Gasteiger charge is 2.21. The van der Waals surface area contributed by atoms with Gasteiger partial charge in [0.1, 0.15) is 22.8 Å². The number of fused-ring (bicyclic) bond motifs is 4. The van der Waals surface area contributed by atoms with Crippen LogP contribution in [0.4, 0.5) is 0 Å². The Balaban J connectivity index is 0.980. The molecule has 2 heterocycles. The van der Waals surface area contributed by atoms with Crippen LogP contribution in [0.2, 0.25) is 0 Å². The van der Waals surface area contributed by atoms with E-state index in [9.17, 15) is 0 Å². The van der Waals surface area contributed by atoms with E-state index >= 15 is 0 Å². The van der Waals surface area contributed by atoms with E-state index in [1.165, 1.54) is 22.3 Å². The number of para-hydroxylation sites is 1. The summed E-state index contributed by atoms with van der Waals surface area (Å²) >= 11 is 0. The molecular formula is C49H33N3O. The van der Waals surface area contributed by atoms with E-state index in [-0.39, 0.29) is 0 Å². The van der Waals surface area contributed by atoms with Crippen LogP contribution in [0.3, 0.4) is 0 Å². The largest absolute Gasteiger partial charge is 0.456 e. The minimum Gasteiger partial charge on any atom is -0.456 e. The second kappa shape index (κ2) is 12.9. The molecule has 1 aliphatic heterocycles. The maximum atomic E-state index is 6.18. The number of nitrogens with zero attached hydrogens (tertiary/aromatic N) is 2. The van der Waals surface area contributed by atoms with Gasteiger partial charge in [-0.15, -0.1) is 0 Å². The molecule has 0 fully saturated rings. The first-order valence-corrected chi connectivity index (χ1v) is 17.9. The van der Waals surface area contributed by atoms with Crippen molar-refractivity contribution in [3.8, 4) is 33.4 Å². The third-order valence-electron chi connectivity index (χ3n) is 10.1. The molecule has 9 aromatic rings. The molecule has 10 rings (SSSR count). The van der Waals surface area contributed by atoms with Crippen molar-refractivity contribution in [2.24, 2.45) is 9.98 Å². The summed E-state index contributed by atoms with van der Waals surface area (Å²) in [4.78, 5) is 10.3. The normalized spacial score (nSPS) is 14.2. The third-order valence-corrected chi connectivity index (χ3v) is 10.1. The van der Waals surface area contributed by atoms with Crippen molar-refractivity contribution in [1.29, 1.82) is 0 Å².